The first-order valence-electron chi connectivity index (χ1n) is 7.56. The second-order valence-electron chi connectivity index (χ2n) is 5.62. The van der Waals surface area contributed by atoms with Crippen molar-refractivity contribution in [3.63, 3.8) is 0 Å². The molecule has 0 unspecified atom stereocenters. The van der Waals surface area contributed by atoms with Gasteiger partial charge in [0.15, 0.2) is 0 Å². The number of pyridine rings is 1. The predicted octanol–water partition coefficient (Wildman–Crippen LogP) is 3.80. The maximum absolute atomic E-state index is 5.92. The molecule has 0 spiro atoms. The number of ether oxygens (including phenoxy) is 1. The second-order valence-corrected chi connectivity index (χ2v) is 5.62. The van der Waals surface area contributed by atoms with Crippen LogP contribution in [0.15, 0.2) is 48.8 Å². The van der Waals surface area contributed by atoms with Crippen LogP contribution in [-0.4, -0.2) is 11.5 Å². The van der Waals surface area contributed by atoms with Crippen LogP contribution in [0.4, 0.5) is 0 Å². The Labute approximate surface area is 127 Å². The Balaban J connectivity index is 1.87. The van der Waals surface area contributed by atoms with Gasteiger partial charge in [-0.2, -0.15) is 0 Å². The minimum atomic E-state index is 0.552. The lowest BCUT2D eigenvalue weighted by Gasteiger charge is -2.12. The molecule has 3 heteroatoms. The molecule has 2 rings (SSSR count). The first-order valence-corrected chi connectivity index (χ1v) is 7.56. The Morgan fingerprint density at radius 1 is 1.14 bits per heavy atom. The summed E-state index contributed by atoms with van der Waals surface area (Å²) in [5.41, 5.74) is 2.28. The summed E-state index contributed by atoms with van der Waals surface area (Å²) in [5.74, 6) is 1.67. The van der Waals surface area contributed by atoms with Crippen molar-refractivity contribution in [2.24, 2.45) is 5.92 Å². The lowest BCUT2D eigenvalue weighted by Crippen LogP contribution is -2.16. The van der Waals surface area contributed by atoms with E-state index in [1.165, 1.54) is 12.0 Å². The van der Waals surface area contributed by atoms with Crippen LogP contribution >= 0.6 is 0 Å². The fourth-order valence-corrected chi connectivity index (χ4v) is 2.05. The molecule has 0 aliphatic heterocycles. The number of benzene rings is 1. The molecule has 1 N–H and O–H groups in total. The Morgan fingerprint density at radius 3 is 2.76 bits per heavy atom. The number of hydrogen-bond donors (Lipinski definition) is 1. The Morgan fingerprint density at radius 2 is 2.00 bits per heavy atom. The van der Waals surface area contributed by atoms with Gasteiger partial charge in [0.1, 0.15) is 12.4 Å². The molecule has 0 fully saturated rings. The quantitative estimate of drug-likeness (QED) is 0.749. The number of hydrogen-bond acceptors (Lipinski definition) is 3. The van der Waals surface area contributed by atoms with Crippen LogP contribution in [-0.2, 0) is 13.2 Å². The zero-order chi connectivity index (χ0) is 14.9. The molecule has 0 atom stereocenters. The van der Waals surface area contributed by atoms with Crippen LogP contribution < -0.4 is 10.1 Å². The van der Waals surface area contributed by atoms with Gasteiger partial charge < -0.3 is 10.1 Å². The lowest BCUT2D eigenvalue weighted by atomic mass is 10.1. The van der Waals surface area contributed by atoms with E-state index in [9.17, 15) is 0 Å². The molecule has 0 aliphatic carbocycles. The molecular formula is C18H24N2O. The minimum absolute atomic E-state index is 0.552. The molecular weight excluding hydrogens is 260 g/mol. The third-order valence-corrected chi connectivity index (χ3v) is 3.30. The number of para-hydroxylation sites is 1. The maximum Gasteiger partial charge on any atom is 0.124 e. The number of nitrogens with one attached hydrogen (secondary N) is 1. The zero-order valence-corrected chi connectivity index (χ0v) is 12.9. The highest BCUT2D eigenvalue weighted by molar-refractivity contribution is 5.33. The van der Waals surface area contributed by atoms with E-state index in [-0.39, 0.29) is 0 Å². The van der Waals surface area contributed by atoms with E-state index >= 15 is 0 Å². The van der Waals surface area contributed by atoms with Gasteiger partial charge in [-0.1, -0.05) is 38.1 Å². The van der Waals surface area contributed by atoms with E-state index in [4.69, 9.17) is 4.74 Å². The molecule has 1 heterocycles. The van der Waals surface area contributed by atoms with Gasteiger partial charge in [-0.05, 0) is 31.0 Å². The number of nitrogens with zero attached hydrogens (tertiary/aromatic N) is 1. The number of aromatic nitrogens is 1. The summed E-state index contributed by atoms with van der Waals surface area (Å²) in [6.45, 7) is 6.92. The fourth-order valence-electron chi connectivity index (χ4n) is 2.05. The van der Waals surface area contributed by atoms with E-state index in [1.807, 2.05) is 30.5 Å². The zero-order valence-electron chi connectivity index (χ0n) is 12.9. The van der Waals surface area contributed by atoms with Gasteiger partial charge in [-0.25, -0.2) is 0 Å². The molecule has 21 heavy (non-hydrogen) atoms. The molecule has 2 aromatic rings. The van der Waals surface area contributed by atoms with Crippen LogP contribution in [0.5, 0.6) is 5.75 Å². The third kappa shape index (κ3) is 5.56. The van der Waals surface area contributed by atoms with Gasteiger partial charge in [0.2, 0.25) is 0 Å². The molecule has 112 valence electrons. The van der Waals surface area contributed by atoms with Crippen molar-refractivity contribution in [2.75, 3.05) is 6.54 Å². The van der Waals surface area contributed by atoms with Crippen molar-refractivity contribution >= 4 is 0 Å². The van der Waals surface area contributed by atoms with Gasteiger partial charge in [-0.3, -0.25) is 4.98 Å². The summed E-state index contributed by atoms with van der Waals surface area (Å²) in [4.78, 5) is 4.10. The molecule has 1 aromatic carbocycles. The summed E-state index contributed by atoms with van der Waals surface area (Å²) < 4.78 is 5.92. The van der Waals surface area contributed by atoms with E-state index in [0.717, 1.165) is 30.3 Å². The Hall–Kier alpha value is -1.87. The van der Waals surface area contributed by atoms with Crippen molar-refractivity contribution in [3.05, 3.63) is 59.9 Å². The van der Waals surface area contributed by atoms with Gasteiger partial charge in [0.25, 0.3) is 0 Å². The smallest absolute Gasteiger partial charge is 0.124 e. The lowest BCUT2D eigenvalue weighted by molar-refractivity contribution is 0.301. The molecule has 0 aliphatic rings. The minimum Gasteiger partial charge on any atom is -0.489 e. The van der Waals surface area contributed by atoms with Gasteiger partial charge in [0, 0.05) is 30.1 Å². The predicted molar refractivity (Wildman–Crippen MR) is 86.2 cm³/mol. The molecule has 0 saturated carbocycles. The van der Waals surface area contributed by atoms with E-state index < -0.39 is 0 Å². The maximum atomic E-state index is 5.92. The average molecular weight is 284 g/mol. The van der Waals surface area contributed by atoms with E-state index in [1.54, 1.807) is 6.20 Å². The average Bonchev–Trinajstić information content (AvgIpc) is 2.51. The molecule has 1 aromatic heterocycles. The topological polar surface area (TPSA) is 34.1 Å². The SMILES string of the molecule is CC(C)CCNCc1ccccc1OCc1cccnc1. The summed E-state index contributed by atoms with van der Waals surface area (Å²) in [7, 11) is 0. The molecule has 0 saturated heterocycles. The Kier molecular flexibility index (Phi) is 6.22. The molecule has 0 radical (unpaired) electrons. The first kappa shape index (κ1) is 15.5. The van der Waals surface area contributed by atoms with Gasteiger partial charge >= 0.3 is 0 Å². The largest absolute Gasteiger partial charge is 0.489 e. The molecule has 0 amide bonds. The highest BCUT2D eigenvalue weighted by Crippen LogP contribution is 2.19. The first-order chi connectivity index (χ1) is 10.3. The molecule has 0 bridgehead atoms. The Bertz CT molecular complexity index is 526. The monoisotopic (exact) mass is 284 g/mol. The van der Waals surface area contributed by atoms with Gasteiger partial charge in [-0.15, -0.1) is 0 Å². The normalized spacial score (nSPS) is 10.8. The van der Waals surface area contributed by atoms with Crippen molar-refractivity contribution in [1.29, 1.82) is 0 Å². The van der Waals surface area contributed by atoms with E-state index in [0.29, 0.717) is 6.61 Å². The van der Waals surface area contributed by atoms with Gasteiger partial charge in [0.05, 0.1) is 0 Å². The van der Waals surface area contributed by atoms with Crippen molar-refractivity contribution in [1.82, 2.24) is 10.3 Å². The van der Waals surface area contributed by atoms with Crippen LogP contribution in [0.1, 0.15) is 31.4 Å². The fraction of sp³-hybridized carbons (Fsp3) is 0.389. The van der Waals surface area contributed by atoms with E-state index in [2.05, 4.69) is 36.3 Å². The third-order valence-electron chi connectivity index (χ3n) is 3.30. The van der Waals surface area contributed by atoms with Crippen LogP contribution in [0.3, 0.4) is 0 Å². The van der Waals surface area contributed by atoms with Crippen LogP contribution in [0, 0.1) is 5.92 Å². The van der Waals surface area contributed by atoms with Crippen molar-refractivity contribution in [3.8, 4) is 5.75 Å². The second kappa shape index (κ2) is 8.42. The summed E-state index contributed by atoms with van der Waals surface area (Å²) in [6, 6.07) is 12.2. The summed E-state index contributed by atoms with van der Waals surface area (Å²) >= 11 is 0. The van der Waals surface area contributed by atoms with Crippen molar-refractivity contribution in [2.45, 2.75) is 33.4 Å². The van der Waals surface area contributed by atoms with Crippen molar-refractivity contribution < 1.29 is 4.74 Å². The highest BCUT2D eigenvalue weighted by Gasteiger charge is 2.03. The number of rotatable bonds is 8. The molecule has 3 nitrogen and oxygen atoms in total. The highest BCUT2D eigenvalue weighted by atomic mass is 16.5. The summed E-state index contributed by atoms with van der Waals surface area (Å²) in [6.07, 6.45) is 4.80. The van der Waals surface area contributed by atoms with Crippen LogP contribution in [0.2, 0.25) is 0 Å². The van der Waals surface area contributed by atoms with Crippen LogP contribution in [0.25, 0.3) is 0 Å². The standard InChI is InChI=1S/C18H24N2O/c1-15(2)9-11-20-13-17-7-3-4-8-18(17)21-14-16-6-5-10-19-12-16/h3-8,10,12,15,20H,9,11,13-14H2,1-2H3. The summed E-state index contributed by atoms with van der Waals surface area (Å²) in [5, 5.41) is 3.48.